The van der Waals surface area contributed by atoms with Crippen molar-refractivity contribution in [2.45, 2.75) is 77.3 Å². The topological polar surface area (TPSA) is 49.9 Å². The van der Waals surface area contributed by atoms with E-state index in [0.717, 1.165) is 46.1 Å². The van der Waals surface area contributed by atoms with Gasteiger partial charge >= 0.3 is 0 Å². The van der Waals surface area contributed by atoms with Gasteiger partial charge in [0.15, 0.2) is 16.6 Å². The van der Waals surface area contributed by atoms with Crippen LogP contribution in [0.4, 0.5) is 0 Å². The van der Waals surface area contributed by atoms with E-state index in [1.807, 2.05) is 44.8 Å². The van der Waals surface area contributed by atoms with Crippen LogP contribution in [-0.2, 0) is 13.7 Å². The molecule has 0 radical (unpaired) electrons. The molecule has 206 valence electrons. The number of amides is 2. The molecule has 0 atom stereocenters. The Bertz CT molecular complexity index is 1240. The summed E-state index contributed by atoms with van der Waals surface area (Å²) in [4.78, 5) is 34.0. The lowest BCUT2D eigenvalue weighted by atomic mass is 10.1. The number of carbonyl (C=O) groups excluding carboxylic acids is 2. The third kappa shape index (κ3) is 6.59. The van der Waals surface area contributed by atoms with Crippen LogP contribution in [0.5, 0.6) is 0 Å². The summed E-state index contributed by atoms with van der Waals surface area (Å²) in [5.74, 6) is -0.0477. The van der Waals surface area contributed by atoms with Crippen molar-refractivity contribution in [3.05, 3.63) is 55.9 Å². The summed E-state index contributed by atoms with van der Waals surface area (Å²) < 4.78 is 6.55. The summed E-state index contributed by atoms with van der Waals surface area (Å²) >= 11 is 3.20. The third-order valence-electron chi connectivity index (χ3n) is 6.74. The highest BCUT2D eigenvalue weighted by Gasteiger charge is 2.49. The van der Waals surface area contributed by atoms with Crippen LogP contribution in [0.2, 0.25) is 64.5 Å². The Kier molecular flexibility index (Phi) is 8.62. The highest BCUT2D eigenvalue weighted by atomic mass is 32.1. The lowest BCUT2D eigenvalue weighted by Crippen LogP contribution is -2.42. The van der Waals surface area contributed by atoms with Crippen LogP contribution >= 0.6 is 22.7 Å². The average Bonchev–Trinajstić information content (AvgIpc) is 3.55. The van der Waals surface area contributed by atoms with E-state index >= 15 is 0 Å². The molecule has 0 saturated heterocycles. The van der Waals surface area contributed by atoms with Crippen LogP contribution in [0.3, 0.4) is 0 Å². The first kappa shape index (κ1) is 29.4. The van der Waals surface area contributed by atoms with Gasteiger partial charge in [0.1, 0.15) is 0 Å². The Morgan fingerprint density at radius 2 is 1.16 bits per heavy atom. The smallest absolute Gasteiger partial charge is 0.261 e. The van der Waals surface area contributed by atoms with E-state index in [1.165, 1.54) is 0 Å². The van der Waals surface area contributed by atoms with Crippen LogP contribution in [0, 0.1) is 0 Å². The quantitative estimate of drug-likeness (QED) is 0.233. The number of nitrogens with zero attached hydrogens (tertiary/aromatic N) is 2. The molecule has 38 heavy (non-hydrogen) atoms. The van der Waals surface area contributed by atoms with E-state index in [9.17, 15) is 9.59 Å². The van der Waals surface area contributed by atoms with Gasteiger partial charge in [0, 0.05) is 21.2 Å². The zero-order valence-corrected chi connectivity index (χ0v) is 28.8. The molecule has 2 aromatic rings. The molecule has 0 N–H and O–H groups in total. The number of fused-ring (bicyclic) bond motifs is 1. The summed E-state index contributed by atoms with van der Waals surface area (Å²) in [6.07, 6.45) is 1.83. The molecule has 2 aliphatic heterocycles. The van der Waals surface area contributed by atoms with E-state index in [0.29, 0.717) is 24.2 Å². The predicted octanol–water partition coefficient (Wildman–Crippen LogP) is 7.79. The average molecular weight is 603 g/mol. The van der Waals surface area contributed by atoms with Gasteiger partial charge in [0.2, 0.25) is 0 Å². The molecule has 0 saturated carbocycles. The van der Waals surface area contributed by atoms with E-state index in [1.54, 1.807) is 22.7 Å². The first-order valence-electron chi connectivity index (χ1n) is 13.6. The first-order valence-corrected chi connectivity index (χ1v) is 25.6. The molecule has 0 unspecified atom stereocenters. The zero-order valence-electron chi connectivity index (χ0n) is 24.1. The second-order valence-electron chi connectivity index (χ2n) is 13.1. The Morgan fingerprint density at radius 1 is 0.711 bits per heavy atom. The van der Waals surface area contributed by atoms with Crippen molar-refractivity contribution in [2.75, 3.05) is 13.1 Å². The van der Waals surface area contributed by atoms with Gasteiger partial charge in [-0.25, -0.2) is 0 Å². The van der Waals surface area contributed by atoms with Crippen molar-refractivity contribution in [3.63, 3.8) is 0 Å². The third-order valence-corrected chi connectivity index (χ3v) is 16.6. The fourth-order valence-corrected chi connectivity index (χ4v) is 16.3. The Morgan fingerprint density at radius 3 is 1.53 bits per heavy atom. The second kappa shape index (κ2) is 11.1. The maximum absolute atomic E-state index is 14.2. The molecule has 0 bridgehead atoms. The van der Waals surface area contributed by atoms with Gasteiger partial charge in [-0.2, -0.15) is 0 Å². The largest absolute Gasteiger partial charge is 0.456 e. The van der Waals surface area contributed by atoms with Crippen LogP contribution in [-0.4, -0.2) is 59.4 Å². The normalized spacial score (nSPS) is 16.9. The van der Waals surface area contributed by atoms with Crippen molar-refractivity contribution in [2.24, 2.45) is 0 Å². The fraction of sp³-hybridized carbons (Fsp3) is 0.500. The van der Waals surface area contributed by atoms with Crippen molar-refractivity contribution in [3.8, 4) is 0 Å². The molecule has 0 aromatic carbocycles. The van der Waals surface area contributed by atoms with Gasteiger partial charge in [-0.05, 0) is 74.5 Å². The standard InChI is InChI=1S/C28H42N2O3S2Si3/c1-36(2,3)19-11-15-29-25(21-13-9-17-34-21)23-24(27(29)31)26(22-14-10-18-35-22)30(28(23)32)16-12-20-38(7,8)33-37(4,5)6/h9-10,13-14,17-18H,11-12,15-16,19-20H2,1-8H3. The maximum atomic E-state index is 14.2. The first-order chi connectivity index (χ1) is 17.7. The molecule has 4 heterocycles. The molecule has 0 spiro atoms. The van der Waals surface area contributed by atoms with Gasteiger partial charge in [-0.15, -0.1) is 22.7 Å². The Hall–Kier alpha value is -1.57. The summed E-state index contributed by atoms with van der Waals surface area (Å²) in [6, 6.07) is 10.2. The van der Waals surface area contributed by atoms with Crippen LogP contribution in [0.1, 0.15) is 22.6 Å². The predicted molar refractivity (Wildman–Crippen MR) is 170 cm³/mol. The summed E-state index contributed by atoms with van der Waals surface area (Å²) in [5.41, 5.74) is 2.82. The van der Waals surface area contributed by atoms with Gasteiger partial charge in [-0.3, -0.25) is 9.59 Å². The second-order valence-corrected chi connectivity index (χ2v) is 29.6. The van der Waals surface area contributed by atoms with Gasteiger partial charge < -0.3 is 13.9 Å². The van der Waals surface area contributed by atoms with Crippen LogP contribution in [0.15, 0.2) is 46.2 Å². The minimum absolute atomic E-state index is 0.0185. The number of rotatable bonds is 12. The zero-order chi connectivity index (χ0) is 27.9. The Labute approximate surface area is 239 Å². The number of carbonyl (C=O) groups is 2. The molecule has 0 fully saturated rings. The van der Waals surface area contributed by atoms with Crippen molar-refractivity contribution >= 4 is 70.6 Å². The summed E-state index contributed by atoms with van der Waals surface area (Å²) in [6.45, 7) is 19.6. The number of hydrogen-bond donors (Lipinski definition) is 0. The van der Waals surface area contributed by atoms with Crippen molar-refractivity contribution in [1.29, 1.82) is 0 Å². The molecular weight excluding hydrogens is 561 g/mol. The highest BCUT2D eigenvalue weighted by molar-refractivity contribution is 7.11. The highest BCUT2D eigenvalue weighted by Crippen LogP contribution is 2.48. The molecule has 2 aliphatic rings. The number of thiophene rings is 2. The minimum Gasteiger partial charge on any atom is -0.456 e. The van der Waals surface area contributed by atoms with Crippen LogP contribution < -0.4 is 0 Å². The summed E-state index contributed by atoms with van der Waals surface area (Å²) in [7, 11) is -4.69. The molecule has 2 amide bonds. The van der Waals surface area contributed by atoms with Crippen molar-refractivity contribution < 1.29 is 13.7 Å². The van der Waals surface area contributed by atoms with E-state index in [2.05, 4.69) is 52.4 Å². The van der Waals surface area contributed by atoms with Gasteiger partial charge in [0.05, 0.1) is 32.3 Å². The van der Waals surface area contributed by atoms with Gasteiger partial charge in [-0.1, -0.05) is 37.8 Å². The minimum atomic E-state index is -1.83. The molecule has 0 aliphatic carbocycles. The van der Waals surface area contributed by atoms with Crippen LogP contribution in [0.25, 0.3) is 11.4 Å². The molecule has 4 rings (SSSR count). The monoisotopic (exact) mass is 602 g/mol. The van der Waals surface area contributed by atoms with E-state index < -0.39 is 24.7 Å². The molecule has 10 heteroatoms. The molecule has 2 aromatic heterocycles. The van der Waals surface area contributed by atoms with E-state index in [4.69, 9.17) is 4.12 Å². The SMILES string of the molecule is C[Si](C)(C)CCCN1C(=O)C2=C(c3cccs3)N(CCC[Si](C)(C)O[Si](C)(C)C)C(=O)C2=C1c1cccs1. The lowest BCUT2D eigenvalue weighted by molar-refractivity contribution is -0.124. The molecular formula is C28H42N2O3S2Si3. The summed E-state index contributed by atoms with van der Waals surface area (Å²) in [5, 5.41) is 4.05. The fourth-order valence-electron chi connectivity index (χ4n) is 5.47. The Balaban J connectivity index is 1.69. The van der Waals surface area contributed by atoms with E-state index in [-0.39, 0.29) is 11.8 Å². The van der Waals surface area contributed by atoms with Crippen molar-refractivity contribution in [1.82, 2.24) is 9.80 Å². The molecule has 5 nitrogen and oxygen atoms in total. The number of hydrogen-bond acceptors (Lipinski definition) is 5. The van der Waals surface area contributed by atoms with Gasteiger partial charge in [0.25, 0.3) is 11.8 Å². The lowest BCUT2D eigenvalue weighted by Gasteiger charge is -2.32. The maximum Gasteiger partial charge on any atom is 0.261 e.